The van der Waals surface area contributed by atoms with Crippen LogP contribution in [0.3, 0.4) is 0 Å². The fourth-order valence-electron chi connectivity index (χ4n) is 2.40. The molecule has 0 aliphatic rings. The molecule has 0 bridgehead atoms. The lowest BCUT2D eigenvalue weighted by Crippen LogP contribution is -2.21. The first-order chi connectivity index (χ1) is 10.0. The molecule has 0 spiro atoms. The molecule has 0 aliphatic heterocycles. The Kier molecular flexibility index (Phi) is 3.42. The maximum Gasteiger partial charge on any atom is 0.0543 e. The van der Waals surface area contributed by atoms with Crippen molar-refractivity contribution in [3.05, 3.63) is 60.4 Å². The number of nitrogens with zero attached hydrogens (tertiary/aromatic N) is 2. The maximum atomic E-state index is 4.44. The molecule has 108 valence electrons. The molecule has 0 atom stereocenters. The van der Waals surface area contributed by atoms with Gasteiger partial charge in [0.15, 0.2) is 0 Å². The summed E-state index contributed by atoms with van der Waals surface area (Å²) in [5, 5.41) is 10.5. The molecule has 0 aliphatic carbocycles. The number of hydrogen-bond donors (Lipinski definition) is 1. The first-order valence-corrected chi connectivity index (χ1v) is 7.30. The highest BCUT2D eigenvalue weighted by Crippen LogP contribution is 2.23. The summed E-state index contributed by atoms with van der Waals surface area (Å²) in [7, 11) is 0. The van der Waals surface area contributed by atoms with E-state index in [1.165, 1.54) is 16.3 Å². The van der Waals surface area contributed by atoms with Gasteiger partial charge in [-0.2, -0.15) is 5.10 Å². The molecule has 2 aromatic carbocycles. The van der Waals surface area contributed by atoms with Gasteiger partial charge in [0.1, 0.15) is 0 Å². The third kappa shape index (κ3) is 2.92. The Morgan fingerprint density at radius 3 is 2.57 bits per heavy atom. The Morgan fingerprint density at radius 2 is 1.81 bits per heavy atom. The predicted molar refractivity (Wildman–Crippen MR) is 88.5 cm³/mol. The minimum Gasteiger partial charge on any atom is -0.380 e. The number of rotatable bonds is 3. The Balaban J connectivity index is 1.79. The van der Waals surface area contributed by atoms with E-state index in [9.17, 15) is 0 Å². The summed E-state index contributed by atoms with van der Waals surface area (Å²) in [4.78, 5) is 0. The third-order valence-electron chi connectivity index (χ3n) is 3.60. The summed E-state index contributed by atoms with van der Waals surface area (Å²) in [6.07, 6.45) is 4.04. The van der Waals surface area contributed by atoms with Crippen LogP contribution in [0, 0.1) is 0 Å². The van der Waals surface area contributed by atoms with Crippen molar-refractivity contribution in [1.82, 2.24) is 9.78 Å². The van der Waals surface area contributed by atoms with Gasteiger partial charge in [0.05, 0.1) is 11.7 Å². The fourth-order valence-corrected chi connectivity index (χ4v) is 2.40. The van der Waals surface area contributed by atoms with E-state index in [-0.39, 0.29) is 5.54 Å². The normalized spacial score (nSPS) is 11.8. The van der Waals surface area contributed by atoms with Gasteiger partial charge in [-0.05, 0) is 32.2 Å². The molecule has 0 radical (unpaired) electrons. The minimum absolute atomic E-state index is 0.0255. The summed E-state index contributed by atoms with van der Waals surface area (Å²) in [5.41, 5.74) is 2.38. The van der Waals surface area contributed by atoms with Crippen molar-refractivity contribution in [3.8, 4) is 0 Å². The van der Waals surface area contributed by atoms with E-state index in [1.54, 1.807) is 0 Å². The van der Waals surface area contributed by atoms with Gasteiger partial charge >= 0.3 is 0 Å². The summed E-state index contributed by atoms with van der Waals surface area (Å²) >= 11 is 0. The molecule has 3 heteroatoms. The highest BCUT2D eigenvalue weighted by atomic mass is 15.3. The second kappa shape index (κ2) is 5.24. The van der Waals surface area contributed by atoms with Gasteiger partial charge in [0.2, 0.25) is 0 Å². The second-order valence-corrected chi connectivity index (χ2v) is 6.34. The molecule has 0 saturated carbocycles. The molecule has 0 unspecified atom stereocenters. The molecule has 0 saturated heterocycles. The van der Waals surface area contributed by atoms with Crippen molar-refractivity contribution in [1.29, 1.82) is 0 Å². The van der Waals surface area contributed by atoms with E-state index in [4.69, 9.17) is 0 Å². The Labute approximate surface area is 125 Å². The molecule has 1 N–H and O–H groups in total. The number of benzene rings is 2. The topological polar surface area (TPSA) is 29.9 Å². The quantitative estimate of drug-likeness (QED) is 0.770. The van der Waals surface area contributed by atoms with Crippen molar-refractivity contribution < 1.29 is 0 Å². The van der Waals surface area contributed by atoms with Gasteiger partial charge in [0, 0.05) is 29.4 Å². The fraction of sp³-hybridized carbons (Fsp3) is 0.278. The molecule has 0 fully saturated rings. The lowest BCUT2D eigenvalue weighted by Gasteiger charge is -2.18. The van der Waals surface area contributed by atoms with Crippen molar-refractivity contribution in [3.63, 3.8) is 0 Å². The third-order valence-corrected chi connectivity index (χ3v) is 3.60. The number of anilines is 1. The van der Waals surface area contributed by atoms with Crippen LogP contribution in [0.4, 0.5) is 5.69 Å². The number of aromatic nitrogens is 2. The maximum absolute atomic E-state index is 4.44. The zero-order valence-electron chi connectivity index (χ0n) is 12.8. The van der Waals surface area contributed by atoms with Crippen molar-refractivity contribution in [2.24, 2.45) is 0 Å². The van der Waals surface area contributed by atoms with Crippen molar-refractivity contribution in [2.45, 2.75) is 32.9 Å². The smallest absolute Gasteiger partial charge is 0.0543 e. The van der Waals surface area contributed by atoms with Gasteiger partial charge in [-0.3, -0.25) is 4.68 Å². The zero-order valence-corrected chi connectivity index (χ0v) is 12.8. The zero-order chi connectivity index (χ0) is 14.9. The van der Waals surface area contributed by atoms with Crippen LogP contribution < -0.4 is 5.32 Å². The Bertz CT molecular complexity index is 745. The second-order valence-electron chi connectivity index (χ2n) is 6.34. The van der Waals surface area contributed by atoms with Crippen LogP contribution in [0.5, 0.6) is 0 Å². The van der Waals surface area contributed by atoms with Crippen LogP contribution >= 0.6 is 0 Å². The SMILES string of the molecule is CC(C)(C)n1cc(CNc2cccc3ccccc23)cn1. The van der Waals surface area contributed by atoms with E-state index in [0.717, 1.165) is 12.2 Å². The lowest BCUT2D eigenvalue weighted by molar-refractivity contribution is 0.355. The summed E-state index contributed by atoms with van der Waals surface area (Å²) in [6.45, 7) is 7.25. The number of fused-ring (bicyclic) bond motifs is 1. The van der Waals surface area contributed by atoms with Crippen LogP contribution in [-0.4, -0.2) is 9.78 Å². The molecule has 3 aromatic rings. The first-order valence-electron chi connectivity index (χ1n) is 7.30. The Morgan fingerprint density at radius 1 is 1.05 bits per heavy atom. The van der Waals surface area contributed by atoms with Gasteiger partial charge in [-0.15, -0.1) is 0 Å². The average Bonchev–Trinajstić information content (AvgIpc) is 2.94. The Hall–Kier alpha value is -2.29. The van der Waals surface area contributed by atoms with E-state index >= 15 is 0 Å². The lowest BCUT2D eigenvalue weighted by atomic mass is 10.1. The molecular weight excluding hydrogens is 258 g/mol. The van der Waals surface area contributed by atoms with Gasteiger partial charge in [-0.1, -0.05) is 36.4 Å². The van der Waals surface area contributed by atoms with Crippen molar-refractivity contribution in [2.75, 3.05) is 5.32 Å². The van der Waals surface area contributed by atoms with Crippen LogP contribution in [0.2, 0.25) is 0 Å². The minimum atomic E-state index is 0.0255. The summed E-state index contributed by atoms with van der Waals surface area (Å²) < 4.78 is 2.01. The first kappa shape index (κ1) is 13.7. The highest BCUT2D eigenvalue weighted by Gasteiger charge is 2.13. The van der Waals surface area contributed by atoms with Crippen molar-refractivity contribution >= 4 is 16.5 Å². The van der Waals surface area contributed by atoms with Crippen LogP contribution in [0.15, 0.2) is 54.9 Å². The van der Waals surface area contributed by atoms with Gasteiger partial charge < -0.3 is 5.32 Å². The number of hydrogen-bond acceptors (Lipinski definition) is 2. The largest absolute Gasteiger partial charge is 0.380 e. The molecule has 0 amide bonds. The molecule has 1 heterocycles. The standard InChI is InChI=1S/C18H21N3/c1-18(2,3)21-13-14(12-20-21)11-19-17-10-6-8-15-7-4-5-9-16(15)17/h4-10,12-13,19H,11H2,1-3H3. The molecular formula is C18H21N3. The highest BCUT2D eigenvalue weighted by molar-refractivity contribution is 5.93. The molecule has 3 rings (SSSR count). The molecule has 21 heavy (non-hydrogen) atoms. The summed E-state index contributed by atoms with van der Waals surface area (Å²) in [6, 6.07) is 14.8. The van der Waals surface area contributed by atoms with Crippen LogP contribution in [-0.2, 0) is 12.1 Å². The molecule has 1 aromatic heterocycles. The predicted octanol–water partition coefficient (Wildman–Crippen LogP) is 4.40. The van der Waals surface area contributed by atoms with Crippen LogP contribution in [0.1, 0.15) is 26.3 Å². The van der Waals surface area contributed by atoms with Gasteiger partial charge in [0.25, 0.3) is 0 Å². The van der Waals surface area contributed by atoms with Crippen LogP contribution in [0.25, 0.3) is 10.8 Å². The van der Waals surface area contributed by atoms with E-state index in [0.29, 0.717) is 0 Å². The van der Waals surface area contributed by atoms with Gasteiger partial charge in [-0.25, -0.2) is 0 Å². The summed E-state index contributed by atoms with van der Waals surface area (Å²) in [5.74, 6) is 0. The van der Waals surface area contributed by atoms with E-state index in [2.05, 4.69) is 79.8 Å². The van der Waals surface area contributed by atoms with E-state index in [1.807, 2.05) is 10.9 Å². The average molecular weight is 279 g/mol. The molecule has 3 nitrogen and oxygen atoms in total. The monoisotopic (exact) mass is 279 g/mol. The number of nitrogens with one attached hydrogen (secondary N) is 1. The van der Waals surface area contributed by atoms with E-state index < -0.39 is 0 Å².